The standard InChI is InChI=1S/C8H10O3S.Fe/c1-6-3-4-8(5-7(6)2)12(9,10)11;/h3-5H,1-2H3,(H,9,10,11);. The molecule has 0 fully saturated rings. The molecule has 1 aromatic carbocycles. The van der Waals surface area contributed by atoms with E-state index in [-0.39, 0.29) is 22.0 Å². The number of hydrogen-bond acceptors (Lipinski definition) is 2. The summed E-state index contributed by atoms with van der Waals surface area (Å²) in [6.45, 7) is 3.67. The van der Waals surface area contributed by atoms with Gasteiger partial charge in [0.25, 0.3) is 10.1 Å². The van der Waals surface area contributed by atoms with Crippen LogP contribution in [0.3, 0.4) is 0 Å². The minimum Gasteiger partial charge on any atom is -0.282 e. The normalized spacial score (nSPS) is 10.7. The van der Waals surface area contributed by atoms with Crippen molar-refractivity contribution in [2.75, 3.05) is 0 Å². The van der Waals surface area contributed by atoms with Crippen molar-refractivity contribution in [3.63, 3.8) is 0 Å². The molecule has 0 aliphatic heterocycles. The van der Waals surface area contributed by atoms with Gasteiger partial charge < -0.3 is 0 Å². The van der Waals surface area contributed by atoms with Crippen LogP contribution >= 0.6 is 0 Å². The van der Waals surface area contributed by atoms with Crippen LogP contribution in [0.2, 0.25) is 0 Å². The van der Waals surface area contributed by atoms with Crippen molar-refractivity contribution in [3.05, 3.63) is 29.3 Å². The quantitative estimate of drug-likeness (QED) is 0.600. The minimum atomic E-state index is -4.04. The third kappa shape index (κ3) is 3.12. The average molecular weight is 242 g/mol. The number of hydrogen-bond donors (Lipinski definition) is 1. The molecule has 0 unspecified atom stereocenters. The second kappa shape index (κ2) is 4.24. The van der Waals surface area contributed by atoms with Crippen molar-refractivity contribution in [3.8, 4) is 0 Å². The second-order valence-electron chi connectivity index (χ2n) is 2.72. The molecule has 0 amide bonds. The Labute approximate surface area is 88.4 Å². The maximum atomic E-state index is 10.7. The zero-order chi connectivity index (χ0) is 9.35. The Morgan fingerprint density at radius 1 is 1.15 bits per heavy atom. The fourth-order valence-electron chi connectivity index (χ4n) is 0.874. The van der Waals surface area contributed by atoms with Crippen LogP contribution in [0.4, 0.5) is 0 Å². The molecular formula is C8H10FeO3S. The molecule has 0 saturated heterocycles. The third-order valence-corrected chi connectivity index (χ3v) is 2.63. The summed E-state index contributed by atoms with van der Waals surface area (Å²) in [7, 11) is -4.04. The zero-order valence-electron chi connectivity index (χ0n) is 7.26. The SMILES string of the molecule is Cc1ccc(S(=O)(=O)O)cc1C.[Fe]. The molecule has 5 heteroatoms. The van der Waals surface area contributed by atoms with E-state index in [0.29, 0.717) is 0 Å². The van der Waals surface area contributed by atoms with Crippen LogP contribution < -0.4 is 0 Å². The smallest absolute Gasteiger partial charge is 0.282 e. The van der Waals surface area contributed by atoms with Crippen molar-refractivity contribution in [1.29, 1.82) is 0 Å². The molecule has 0 bridgehead atoms. The Bertz CT molecular complexity index is 398. The molecule has 0 saturated carbocycles. The topological polar surface area (TPSA) is 54.4 Å². The Morgan fingerprint density at radius 2 is 1.69 bits per heavy atom. The number of rotatable bonds is 1. The van der Waals surface area contributed by atoms with Crippen LogP contribution in [-0.2, 0) is 27.2 Å². The van der Waals surface area contributed by atoms with E-state index in [2.05, 4.69) is 0 Å². The van der Waals surface area contributed by atoms with E-state index < -0.39 is 10.1 Å². The Balaban J connectivity index is 0.00000144. The van der Waals surface area contributed by atoms with Gasteiger partial charge in [-0.15, -0.1) is 0 Å². The van der Waals surface area contributed by atoms with Gasteiger partial charge >= 0.3 is 0 Å². The Morgan fingerprint density at radius 3 is 2.08 bits per heavy atom. The fraction of sp³-hybridized carbons (Fsp3) is 0.250. The van der Waals surface area contributed by atoms with Crippen molar-refractivity contribution in [2.24, 2.45) is 0 Å². The zero-order valence-corrected chi connectivity index (χ0v) is 9.18. The first-order valence-electron chi connectivity index (χ1n) is 3.46. The van der Waals surface area contributed by atoms with Gasteiger partial charge in [0, 0.05) is 17.1 Å². The van der Waals surface area contributed by atoms with Gasteiger partial charge in [0.15, 0.2) is 0 Å². The largest absolute Gasteiger partial charge is 0.294 e. The molecule has 1 rings (SSSR count). The van der Waals surface area contributed by atoms with Crippen molar-refractivity contribution in [1.82, 2.24) is 0 Å². The van der Waals surface area contributed by atoms with Crippen LogP contribution in [0.25, 0.3) is 0 Å². The molecule has 0 heterocycles. The molecule has 74 valence electrons. The van der Waals surface area contributed by atoms with Crippen LogP contribution in [0.1, 0.15) is 11.1 Å². The predicted octanol–water partition coefficient (Wildman–Crippen LogP) is 1.55. The molecular weight excluding hydrogens is 232 g/mol. The van der Waals surface area contributed by atoms with Gasteiger partial charge in [-0.05, 0) is 37.1 Å². The minimum absolute atomic E-state index is 0. The summed E-state index contributed by atoms with van der Waals surface area (Å²) < 4.78 is 30.0. The van der Waals surface area contributed by atoms with Gasteiger partial charge in [-0.25, -0.2) is 0 Å². The van der Waals surface area contributed by atoms with E-state index in [0.717, 1.165) is 11.1 Å². The van der Waals surface area contributed by atoms with Gasteiger partial charge in [-0.3, -0.25) is 4.55 Å². The van der Waals surface area contributed by atoms with Crippen molar-refractivity contribution < 1.29 is 30.0 Å². The molecule has 0 radical (unpaired) electrons. The molecule has 1 aromatic rings. The average Bonchev–Trinajstić information content (AvgIpc) is 1.92. The van der Waals surface area contributed by atoms with Gasteiger partial charge in [0.2, 0.25) is 0 Å². The molecule has 0 aliphatic rings. The van der Waals surface area contributed by atoms with E-state index in [9.17, 15) is 8.42 Å². The summed E-state index contributed by atoms with van der Waals surface area (Å²) in [5, 5.41) is 0. The molecule has 0 spiro atoms. The van der Waals surface area contributed by atoms with Gasteiger partial charge in [0.05, 0.1) is 4.90 Å². The van der Waals surface area contributed by atoms with E-state index >= 15 is 0 Å². The monoisotopic (exact) mass is 242 g/mol. The van der Waals surface area contributed by atoms with Crippen molar-refractivity contribution >= 4 is 10.1 Å². The maximum absolute atomic E-state index is 10.7. The van der Waals surface area contributed by atoms with Gasteiger partial charge in [-0.1, -0.05) is 6.07 Å². The number of aryl methyl sites for hydroxylation is 2. The summed E-state index contributed by atoms with van der Waals surface area (Å²) in [6.07, 6.45) is 0. The van der Waals surface area contributed by atoms with E-state index in [1.807, 2.05) is 6.92 Å². The molecule has 0 atom stereocenters. The fourth-order valence-corrected chi connectivity index (χ4v) is 1.44. The molecule has 0 aliphatic carbocycles. The van der Waals surface area contributed by atoms with Crippen LogP contribution in [-0.4, -0.2) is 13.0 Å². The van der Waals surface area contributed by atoms with E-state index in [1.165, 1.54) is 12.1 Å². The first kappa shape index (κ1) is 12.6. The third-order valence-electron chi connectivity index (χ3n) is 1.78. The summed E-state index contributed by atoms with van der Waals surface area (Å²) in [5.41, 5.74) is 1.85. The van der Waals surface area contributed by atoms with Crippen LogP contribution in [0.15, 0.2) is 23.1 Å². The van der Waals surface area contributed by atoms with E-state index in [1.54, 1.807) is 13.0 Å². The summed E-state index contributed by atoms with van der Waals surface area (Å²) in [5.74, 6) is 0. The Hall–Kier alpha value is -0.351. The maximum Gasteiger partial charge on any atom is 0.294 e. The molecule has 13 heavy (non-hydrogen) atoms. The van der Waals surface area contributed by atoms with E-state index in [4.69, 9.17) is 4.55 Å². The summed E-state index contributed by atoms with van der Waals surface area (Å²) in [6, 6.07) is 4.50. The number of benzene rings is 1. The van der Waals surface area contributed by atoms with Crippen LogP contribution in [0, 0.1) is 13.8 Å². The summed E-state index contributed by atoms with van der Waals surface area (Å²) in [4.78, 5) is -0.0504. The van der Waals surface area contributed by atoms with Gasteiger partial charge in [-0.2, -0.15) is 8.42 Å². The first-order chi connectivity index (χ1) is 5.41. The Kier molecular flexibility index (Phi) is 4.13. The molecule has 1 N–H and O–H groups in total. The van der Waals surface area contributed by atoms with Crippen LogP contribution in [0.5, 0.6) is 0 Å². The van der Waals surface area contributed by atoms with Crippen molar-refractivity contribution in [2.45, 2.75) is 18.7 Å². The second-order valence-corrected chi connectivity index (χ2v) is 4.14. The van der Waals surface area contributed by atoms with Gasteiger partial charge in [0.1, 0.15) is 0 Å². The molecule has 0 aromatic heterocycles. The first-order valence-corrected chi connectivity index (χ1v) is 4.90. The molecule has 3 nitrogen and oxygen atoms in total. The summed E-state index contributed by atoms with van der Waals surface area (Å²) >= 11 is 0. The predicted molar refractivity (Wildman–Crippen MR) is 45.7 cm³/mol.